The number of nitrogens with one attached hydrogen (secondary N) is 1. The Labute approximate surface area is 106 Å². The van der Waals surface area contributed by atoms with E-state index in [1.807, 2.05) is 27.7 Å². The monoisotopic (exact) mass is 256 g/mol. The average molecular weight is 256 g/mol. The maximum Gasteiger partial charge on any atom is 0.177 e. The molecule has 17 heavy (non-hydrogen) atoms. The lowest BCUT2D eigenvalue weighted by atomic mass is 10.3. The van der Waals surface area contributed by atoms with Crippen molar-refractivity contribution in [3.8, 4) is 5.75 Å². The number of Topliss-reactive ketones (excluding diaryl/α,β-unsaturated/α-hetero) is 1. The number of carbonyl (C=O) groups is 1. The minimum Gasteiger partial charge on any atom is -0.486 e. The van der Waals surface area contributed by atoms with Gasteiger partial charge < -0.3 is 15.8 Å². The molecule has 0 saturated heterocycles. The molecule has 0 radical (unpaired) electrons. The lowest BCUT2D eigenvalue weighted by molar-refractivity contribution is 0.102. The minimum absolute atomic E-state index is 0.0272. The van der Waals surface area contributed by atoms with Crippen LogP contribution in [0.1, 0.15) is 44.3 Å². The van der Waals surface area contributed by atoms with Crippen molar-refractivity contribution in [1.29, 1.82) is 0 Å². The molecule has 0 aliphatic heterocycles. The van der Waals surface area contributed by atoms with E-state index in [1.54, 1.807) is 0 Å². The summed E-state index contributed by atoms with van der Waals surface area (Å²) in [5.74, 6) is 0.571. The van der Waals surface area contributed by atoms with Crippen LogP contribution in [0.3, 0.4) is 0 Å². The number of rotatable bonds is 5. The smallest absolute Gasteiger partial charge is 0.177 e. The van der Waals surface area contributed by atoms with Crippen molar-refractivity contribution in [3.05, 3.63) is 4.88 Å². The van der Waals surface area contributed by atoms with Crippen LogP contribution in [0.15, 0.2) is 0 Å². The molecule has 4 nitrogen and oxygen atoms in total. The molecule has 1 heterocycles. The SMILES string of the molecule is CC(=O)c1sc(NC(C)C)c(OC(C)C)c1N. The van der Waals surface area contributed by atoms with Crippen molar-refractivity contribution in [2.45, 2.75) is 46.8 Å². The van der Waals surface area contributed by atoms with Gasteiger partial charge in [-0.15, -0.1) is 11.3 Å². The number of hydrogen-bond donors (Lipinski definition) is 2. The van der Waals surface area contributed by atoms with E-state index < -0.39 is 0 Å². The van der Waals surface area contributed by atoms with Crippen LogP contribution in [-0.2, 0) is 0 Å². The summed E-state index contributed by atoms with van der Waals surface area (Å²) in [5, 5.41) is 4.09. The van der Waals surface area contributed by atoms with Gasteiger partial charge >= 0.3 is 0 Å². The molecule has 1 aromatic heterocycles. The Kier molecular flexibility index (Phi) is 4.40. The molecule has 0 atom stereocenters. The van der Waals surface area contributed by atoms with E-state index in [0.717, 1.165) is 5.00 Å². The highest BCUT2D eigenvalue weighted by Crippen LogP contribution is 2.43. The summed E-state index contributed by atoms with van der Waals surface area (Å²) in [6.45, 7) is 9.44. The Morgan fingerprint density at radius 3 is 2.35 bits per heavy atom. The normalized spacial score (nSPS) is 11.0. The van der Waals surface area contributed by atoms with Crippen LogP contribution < -0.4 is 15.8 Å². The van der Waals surface area contributed by atoms with Crippen LogP contribution in [0.2, 0.25) is 0 Å². The molecule has 0 bridgehead atoms. The Bertz CT molecular complexity index is 411. The van der Waals surface area contributed by atoms with Crippen molar-refractivity contribution in [2.75, 3.05) is 11.1 Å². The first-order valence-corrected chi connectivity index (χ1v) is 6.51. The van der Waals surface area contributed by atoms with Gasteiger partial charge in [-0.3, -0.25) is 4.79 Å². The molecule has 3 N–H and O–H groups in total. The third-order valence-corrected chi connectivity index (χ3v) is 3.21. The molecule has 1 rings (SSSR count). The van der Waals surface area contributed by atoms with E-state index >= 15 is 0 Å². The first-order valence-electron chi connectivity index (χ1n) is 5.69. The quantitative estimate of drug-likeness (QED) is 0.794. The predicted molar refractivity (Wildman–Crippen MR) is 73.3 cm³/mol. The average Bonchev–Trinajstić information content (AvgIpc) is 2.44. The lowest BCUT2D eigenvalue weighted by Gasteiger charge is -2.14. The Balaban J connectivity index is 3.16. The highest BCUT2D eigenvalue weighted by Gasteiger charge is 2.21. The largest absolute Gasteiger partial charge is 0.486 e. The Hall–Kier alpha value is -1.23. The summed E-state index contributed by atoms with van der Waals surface area (Å²) >= 11 is 1.35. The first kappa shape index (κ1) is 13.8. The maximum atomic E-state index is 11.5. The van der Waals surface area contributed by atoms with E-state index in [0.29, 0.717) is 16.3 Å². The predicted octanol–water partition coefficient (Wildman–Crippen LogP) is 3.14. The van der Waals surface area contributed by atoms with E-state index in [4.69, 9.17) is 10.5 Å². The fourth-order valence-electron chi connectivity index (χ4n) is 1.40. The van der Waals surface area contributed by atoms with Crippen molar-refractivity contribution in [3.63, 3.8) is 0 Å². The van der Waals surface area contributed by atoms with Crippen LogP contribution in [0.25, 0.3) is 0 Å². The van der Waals surface area contributed by atoms with Crippen molar-refractivity contribution in [2.24, 2.45) is 0 Å². The number of thiophene rings is 1. The van der Waals surface area contributed by atoms with E-state index in [9.17, 15) is 4.79 Å². The number of nitrogen functional groups attached to an aromatic ring is 1. The van der Waals surface area contributed by atoms with Crippen molar-refractivity contribution < 1.29 is 9.53 Å². The zero-order valence-electron chi connectivity index (χ0n) is 11.0. The topological polar surface area (TPSA) is 64.3 Å². The summed E-state index contributed by atoms with van der Waals surface area (Å²) < 4.78 is 5.68. The van der Waals surface area contributed by atoms with Crippen LogP contribution >= 0.6 is 11.3 Å². The van der Waals surface area contributed by atoms with Gasteiger partial charge in [0.05, 0.1) is 16.7 Å². The number of nitrogens with two attached hydrogens (primary N) is 1. The summed E-state index contributed by atoms with van der Waals surface area (Å²) in [6, 6.07) is 0.266. The molecular formula is C12H20N2O2S. The zero-order valence-corrected chi connectivity index (χ0v) is 11.8. The lowest BCUT2D eigenvalue weighted by Crippen LogP contribution is -2.12. The third kappa shape index (κ3) is 3.36. The van der Waals surface area contributed by atoms with Gasteiger partial charge in [0.2, 0.25) is 0 Å². The van der Waals surface area contributed by atoms with Gasteiger partial charge in [-0.1, -0.05) is 0 Å². The summed E-state index contributed by atoms with van der Waals surface area (Å²) in [6.07, 6.45) is 0.0272. The van der Waals surface area contributed by atoms with Gasteiger partial charge in [0.15, 0.2) is 11.5 Å². The van der Waals surface area contributed by atoms with Gasteiger partial charge in [-0.05, 0) is 27.7 Å². The van der Waals surface area contributed by atoms with E-state index in [-0.39, 0.29) is 17.9 Å². The van der Waals surface area contributed by atoms with Gasteiger partial charge in [-0.25, -0.2) is 0 Å². The maximum absolute atomic E-state index is 11.5. The number of hydrogen-bond acceptors (Lipinski definition) is 5. The van der Waals surface area contributed by atoms with Gasteiger partial charge in [0.25, 0.3) is 0 Å². The molecule has 0 aliphatic rings. The molecule has 1 aromatic rings. The van der Waals surface area contributed by atoms with Gasteiger partial charge in [-0.2, -0.15) is 0 Å². The fourth-order valence-corrected chi connectivity index (χ4v) is 2.50. The first-order chi connectivity index (χ1) is 7.82. The molecule has 0 saturated carbocycles. The van der Waals surface area contributed by atoms with Crippen LogP contribution in [-0.4, -0.2) is 17.9 Å². The van der Waals surface area contributed by atoms with Gasteiger partial charge in [0, 0.05) is 13.0 Å². The molecule has 0 unspecified atom stereocenters. The number of ketones is 1. The molecule has 0 aliphatic carbocycles. The van der Waals surface area contributed by atoms with Crippen LogP contribution in [0.4, 0.5) is 10.7 Å². The molecular weight excluding hydrogens is 236 g/mol. The fraction of sp³-hybridized carbons (Fsp3) is 0.583. The van der Waals surface area contributed by atoms with E-state index in [1.165, 1.54) is 18.3 Å². The summed E-state index contributed by atoms with van der Waals surface area (Å²) in [4.78, 5) is 12.0. The van der Waals surface area contributed by atoms with Crippen molar-refractivity contribution >= 4 is 27.8 Å². The number of ether oxygens (including phenoxy) is 1. The van der Waals surface area contributed by atoms with Crippen LogP contribution in [0.5, 0.6) is 5.75 Å². The number of anilines is 2. The minimum atomic E-state index is -0.0297. The molecule has 0 amide bonds. The highest BCUT2D eigenvalue weighted by molar-refractivity contribution is 7.19. The molecule has 0 spiro atoms. The second-order valence-electron chi connectivity index (χ2n) is 4.52. The van der Waals surface area contributed by atoms with Crippen molar-refractivity contribution in [1.82, 2.24) is 0 Å². The summed E-state index contributed by atoms with van der Waals surface area (Å²) in [5.41, 5.74) is 6.40. The second kappa shape index (κ2) is 5.40. The van der Waals surface area contributed by atoms with Gasteiger partial charge in [0.1, 0.15) is 5.00 Å². The second-order valence-corrected chi connectivity index (χ2v) is 5.55. The van der Waals surface area contributed by atoms with Crippen LogP contribution in [0, 0.1) is 0 Å². The standard InChI is InChI=1S/C12H20N2O2S/c1-6(2)14-12-10(16-7(3)4)9(13)11(17-12)8(5)15/h6-7,14H,13H2,1-5H3. The number of carbonyl (C=O) groups excluding carboxylic acids is 1. The van der Waals surface area contributed by atoms with E-state index in [2.05, 4.69) is 5.32 Å². The Morgan fingerprint density at radius 1 is 1.35 bits per heavy atom. The highest BCUT2D eigenvalue weighted by atomic mass is 32.1. The molecule has 5 heteroatoms. The molecule has 0 aromatic carbocycles. The third-order valence-electron chi connectivity index (χ3n) is 1.99. The zero-order chi connectivity index (χ0) is 13.2. The Morgan fingerprint density at radius 2 is 1.94 bits per heavy atom. The molecule has 0 fully saturated rings. The summed E-state index contributed by atoms with van der Waals surface area (Å²) in [7, 11) is 0. The molecule has 96 valence electrons.